The number of Topliss-reactive ketones (excluding diaryl/α,β-unsaturated/α-hetero) is 1. The van der Waals surface area contributed by atoms with Crippen molar-refractivity contribution in [3.05, 3.63) is 77.0 Å². The lowest BCUT2D eigenvalue weighted by atomic mass is 10.2. The van der Waals surface area contributed by atoms with E-state index in [2.05, 4.69) is 15.5 Å². The van der Waals surface area contributed by atoms with Crippen molar-refractivity contribution >= 4 is 23.5 Å². The number of nitrogens with zero attached hydrogens (tertiary/aromatic N) is 5. The largest absolute Gasteiger partial charge is 0.467 e. The number of ether oxygens (including phenoxy) is 1. The third kappa shape index (κ3) is 4.35. The van der Waals surface area contributed by atoms with E-state index in [0.29, 0.717) is 22.8 Å². The normalized spacial score (nSPS) is 11.0. The lowest BCUT2D eigenvalue weighted by Gasteiger charge is -2.10. The van der Waals surface area contributed by atoms with Gasteiger partial charge in [-0.3, -0.25) is 4.79 Å². The predicted molar refractivity (Wildman–Crippen MR) is 117 cm³/mol. The monoisotopic (exact) mass is 451 g/mol. The Balaban J connectivity index is 1.49. The first-order chi connectivity index (χ1) is 15.5. The van der Waals surface area contributed by atoms with E-state index in [1.54, 1.807) is 29.1 Å². The number of tetrazole rings is 1. The van der Waals surface area contributed by atoms with E-state index >= 15 is 0 Å². The fraction of sp³-hybridized carbons (Fsp3) is 0.227. The zero-order valence-corrected chi connectivity index (χ0v) is 18.6. The van der Waals surface area contributed by atoms with E-state index in [1.165, 1.54) is 18.9 Å². The molecule has 0 atom stereocenters. The third-order valence-corrected chi connectivity index (χ3v) is 5.95. The van der Waals surface area contributed by atoms with Crippen LogP contribution in [0.2, 0.25) is 0 Å². The number of methoxy groups -OCH3 is 1. The maximum atomic E-state index is 13.0. The smallest absolute Gasteiger partial charge is 0.337 e. The number of carbonyl (C=O) groups is 2. The van der Waals surface area contributed by atoms with Crippen molar-refractivity contribution in [3.8, 4) is 5.69 Å². The molecule has 0 amide bonds. The van der Waals surface area contributed by atoms with Crippen molar-refractivity contribution in [3.63, 3.8) is 0 Å². The van der Waals surface area contributed by atoms with Crippen LogP contribution >= 0.6 is 11.8 Å². The number of rotatable bonds is 8. The topological polar surface area (TPSA) is 105 Å². The van der Waals surface area contributed by atoms with Gasteiger partial charge in [0.25, 0.3) is 0 Å². The third-order valence-electron chi connectivity index (χ3n) is 5.00. The first-order valence-corrected chi connectivity index (χ1v) is 10.8. The number of ketones is 1. The highest BCUT2D eigenvalue weighted by molar-refractivity contribution is 7.99. The lowest BCUT2D eigenvalue weighted by Crippen LogP contribution is -2.08. The van der Waals surface area contributed by atoms with Crippen LogP contribution in [0.1, 0.15) is 37.9 Å². The molecule has 3 heterocycles. The van der Waals surface area contributed by atoms with Crippen molar-refractivity contribution in [2.24, 2.45) is 0 Å². The summed E-state index contributed by atoms with van der Waals surface area (Å²) in [4.78, 5) is 24.6. The van der Waals surface area contributed by atoms with Gasteiger partial charge < -0.3 is 13.7 Å². The number of thioether (sulfide) groups is 1. The summed E-state index contributed by atoms with van der Waals surface area (Å²) in [5.41, 5.74) is 3.72. The Hall–Kier alpha value is -3.66. The van der Waals surface area contributed by atoms with Gasteiger partial charge in [0, 0.05) is 22.6 Å². The summed E-state index contributed by atoms with van der Waals surface area (Å²) >= 11 is 1.28. The second kappa shape index (κ2) is 9.23. The van der Waals surface area contributed by atoms with E-state index in [-0.39, 0.29) is 17.5 Å². The summed E-state index contributed by atoms with van der Waals surface area (Å²) in [6, 6.07) is 12.6. The summed E-state index contributed by atoms with van der Waals surface area (Å²) in [6.45, 7) is 4.24. The van der Waals surface area contributed by atoms with Gasteiger partial charge in [0.2, 0.25) is 5.16 Å². The van der Waals surface area contributed by atoms with Crippen molar-refractivity contribution in [2.45, 2.75) is 25.5 Å². The van der Waals surface area contributed by atoms with Crippen LogP contribution in [0.4, 0.5) is 0 Å². The molecule has 0 saturated heterocycles. The molecule has 0 radical (unpaired) electrons. The Morgan fingerprint density at radius 3 is 2.62 bits per heavy atom. The van der Waals surface area contributed by atoms with Crippen LogP contribution in [-0.4, -0.2) is 49.4 Å². The van der Waals surface area contributed by atoms with Gasteiger partial charge in [-0.15, -0.1) is 5.10 Å². The van der Waals surface area contributed by atoms with Crippen LogP contribution in [0, 0.1) is 13.8 Å². The van der Waals surface area contributed by atoms with E-state index in [4.69, 9.17) is 9.15 Å². The Morgan fingerprint density at radius 1 is 1.16 bits per heavy atom. The first-order valence-electron chi connectivity index (χ1n) is 9.80. The molecule has 32 heavy (non-hydrogen) atoms. The summed E-state index contributed by atoms with van der Waals surface area (Å²) in [5, 5.41) is 12.2. The van der Waals surface area contributed by atoms with Crippen LogP contribution in [-0.2, 0) is 11.3 Å². The van der Waals surface area contributed by atoms with E-state index < -0.39 is 0 Å². The molecular weight excluding hydrogens is 430 g/mol. The summed E-state index contributed by atoms with van der Waals surface area (Å²) in [6.07, 6.45) is 1.59. The molecule has 0 aliphatic rings. The number of aromatic nitrogens is 5. The molecule has 0 spiro atoms. The second-order valence-corrected chi connectivity index (χ2v) is 8.01. The van der Waals surface area contributed by atoms with Gasteiger partial charge >= 0.3 is 5.97 Å². The maximum absolute atomic E-state index is 13.0. The average molecular weight is 452 g/mol. The second-order valence-electron chi connectivity index (χ2n) is 7.07. The van der Waals surface area contributed by atoms with Crippen LogP contribution < -0.4 is 0 Å². The van der Waals surface area contributed by atoms with Gasteiger partial charge in [0.05, 0.1) is 24.7 Å². The average Bonchev–Trinajstić information content (AvgIpc) is 3.53. The van der Waals surface area contributed by atoms with Crippen molar-refractivity contribution < 1.29 is 18.7 Å². The molecule has 4 rings (SSSR count). The van der Waals surface area contributed by atoms with Crippen LogP contribution in [0.3, 0.4) is 0 Å². The Kier molecular flexibility index (Phi) is 6.22. The molecule has 9 nitrogen and oxygen atoms in total. The zero-order chi connectivity index (χ0) is 22.7. The van der Waals surface area contributed by atoms with Gasteiger partial charge in [-0.05, 0) is 66.7 Å². The standard InChI is InChI=1S/C22H21N5O4S/c1-14-11-19(15(2)27(14)17-8-6-16(7-9-17)21(29)30-3)20(28)13-32-22-23-24-25-26(22)12-18-5-4-10-31-18/h4-11H,12-13H2,1-3H3. The predicted octanol–water partition coefficient (Wildman–Crippen LogP) is 3.48. The molecule has 4 aromatic rings. The minimum absolute atomic E-state index is 0.0203. The molecule has 0 aliphatic carbocycles. The van der Waals surface area contributed by atoms with Crippen molar-refractivity contribution in [2.75, 3.05) is 12.9 Å². The van der Waals surface area contributed by atoms with E-state index in [0.717, 1.165) is 22.8 Å². The fourth-order valence-corrected chi connectivity index (χ4v) is 4.22. The minimum Gasteiger partial charge on any atom is -0.467 e. The van der Waals surface area contributed by atoms with Gasteiger partial charge in [0.15, 0.2) is 5.78 Å². The molecule has 0 saturated carbocycles. The molecule has 10 heteroatoms. The van der Waals surface area contributed by atoms with Crippen LogP contribution in [0.15, 0.2) is 58.3 Å². The molecule has 0 aliphatic heterocycles. The fourth-order valence-electron chi connectivity index (χ4n) is 3.46. The highest BCUT2D eigenvalue weighted by atomic mass is 32.2. The number of benzene rings is 1. The molecule has 164 valence electrons. The quantitative estimate of drug-likeness (QED) is 0.228. The highest BCUT2D eigenvalue weighted by Crippen LogP contribution is 2.24. The SMILES string of the molecule is COC(=O)c1ccc(-n2c(C)cc(C(=O)CSc3nnnn3Cc3ccco3)c2C)cc1. The van der Waals surface area contributed by atoms with Gasteiger partial charge in [-0.2, -0.15) is 0 Å². The van der Waals surface area contributed by atoms with Crippen molar-refractivity contribution in [1.82, 2.24) is 24.8 Å². The molecule has 3 aromatic heterocycles. The van der Waals surface area contributed by atoms with Crippen molar-refractivity contribution in [1.29, 1.82) is 0 Å². The van der Waals surface area contributed by atoms with Crippen LogP contribution in [0.5, 0.6) is 0 Å². The highest BCUT2D eigenvalue weighted by Gasteiger charge is 2.19. The Labute approximate surface area is 188 Å². The Bertz CT molecular complexity index is 1240. The van der Waals surface area contributed by atoms with Gasteiger partial charge in [-0.1, -0.05) is 11.8 Å². The van der Waals surface area contributed by atoms with Gasteiger partial charge in [-0.25, -0.2) is 9.48 Å². The van der Waals surface area contributed by atoms with Crippen LogP contribution in [0.25, 0.3) is 5.69 Å². The summed E-state index contributed by atoms with van der Waals surface area (Å²) in [7, 11) is 1.35. The lowest BCUT2D eigenvalue weighted by molar-refractivity contribution is 0.0600. The van der Waals surface area contributed by atoms with E-state index in [9.17, 15) is 9.59 Å². The number of esters is 1. The number of aryl methyl sites for hydroxylation is 1. The number of hydrogen-bond donors (Lipinski definition) is 0. The summed E-state index contributed by atoms with van der Waals surface area (Å²) < 4.78 is 13.7. The van der Waals surface area contributed by atoms with E-state index in [1.807, 2.05) is 42.7 Å². The Morgan fingerprint density at radius 2 is 1.94 bits per heavy atom. The minimum atomic E-state index is -0.389. The molecular formula is C22H21N5O4S. The molecule has 0 N–H and O–H groups in total. The molecule has 0 unspecified atom stereocenters. The molecule has 1 aromatic carbocycles. The molecule has 0 bridgehead atoms. The summed E-state index contributed by atoms with van der Waals surface area (Å²) in [5.74, 6) is 0.518. The number of hydrogen-bond acceptors (Lipinski definition) is 8. The van der Waals surface area contributed by atoms with Gasteiger partial charge in [0.1, 0.15) is 12.3 Å². The number of carbonyl (C=O) groups excluding carboxylic acids is 2. The zero-order valence-electron chi connectivity index (χ0n) is 17.8. The molecule has 0 fully saturated rings. The number of furan rings is 1. The first kappa shape index (κ1) is 21.6. The maximum Gasteiger partial charge on any atom is 0.337 e.